The highest BCUT2D eigenvalue weighted by Crippen LogP contribution is 2.08. The minimum Gasteiger partial charge on any atom is -0.395 e. The van der Waals surface area contributed by atoms with Crippen LogP contribution in [-0.4, -0.2) is 41.1 Å². The van der Waals surface area contributed by atoms with Crippen molar-refractivity contribution in [1.82, 2.24) is 4.90 Å². The Morgan fingerprint density at radius 1 is 1.54 bits per heavy atom. The summed E-state index contributed by atoms with van der Waals surface area (Å²) in [6.07, 6.45) is 0.813. The minimum atomic E-state index is -0.0350. The number of nitrogens with one attached hydrogen (secondary N) is 1. The smallest absolute Gasteiger partial charge is 0.108 e. The maximum atomic E-state index is 8.86. The quantitative estimate of drug-likeness (QED) is 0.416. The van der Waals surface area contributed by atoms with Gasteiger partial charge in [-0.2, -0.15) is 0 Å². The van der Waals surface area contributed by atoms with Crippen LogP contribution in [-0.2, 0) is 0 Å². The molecule has 1 unspecified atom stereocenters. The molecule has 13 heavy (non-hydrogen) atoms. The van der Waals surface area contributed by atoms with Crippen molar-refractivity contribution in [1.29, 1.82) is 5.41 Å². The van der Waals surface area contributed by atoms with Crippen molar-refractivity contribution >= 4 is 5.84 Å². The van der Waals surface area contributed by atoms with Crippen LogP contribution >= 0.6 is 0 Å². The van der Waals surface area contributed by atoms with Gasteiger partial charge in [0.2, 0.25) is 0 Å². The molecule has 0 saturated heterocycles. The Bertz CT molecular complexity index is 159. The molecule has 1 atom stereocenters. The lowest BCUT2D eigenvalue weighted by molar-refractivity contribution is 0.143. The highest BCUT2D eigenvalue weighted by Gasteiger charge is 2.21. The van der Waals surface area contributed by atoms with Crippen molar-refractivity contribution in [2.45, 2.75) is 39.3 Å². The summed E-state index contributed by atoms with van der Waals surface area (Å²) in [4.78, 5) is 2.04. The van der Waals surface area contributed by atoms with Gasteiger partial charge in [-0.25, -0.2) is 0 Å². The zero-order valence-electron chi connectivity index (χ0n) is 8.75. The van der Waals surface area contributed by atoms with E-state index in [0.717, 1.165) is 6.42 Å². The van der Waals surface area contributed by atoms with Gasteiger partial charge >= 0.3 is 0 Å². The van der Waals surface area contributed by atoms with Crippen LogP contribution < -0.4 is 5.73 Å². The van der Waals surface area contributed by atoms with E-state index in [-0.39, 0.29) is 18.5 Å². The molecule has 0 aromatic heterocycles. The van der Waals surface area contributed by atoms with Gasteiger partial charge in [-0.05, 0) is 20.3 Å². The SMILES string of the molecule is CCC(C(=N)N)N(CCO)C(C)C. The first-order valence-electron chi connectivity index (χ1n) is 4.75. The molecule has 0 fully saturated rings. The van der Waals surface area contributed by atoms with Gasteiger partial charge in [0, 0.05) is 12.6 Å². The van der Waals surface area contributed by atoms with Crippen molar-refractivity contribution in [3.05, 3.63) is 0 Å². The van der Waals surface area contributed by atoms with Gasteiger partial charge in [0.15, 0.2) is 0 Å². The third-order valence-corrected chi connectivity index (χ3v) is 2.17. The molecule has 0 aromatic carbocycles. The summed E-state index contributed by atoms with van der Waals surface area (Å²) < 4.78 is 0. The fourth-order valence-corrected chi connectivity index (χ4v) is 1.52. The van der Waals surface area contributed by atoms with Crippen molar-refractivity contribution in [3.63, 3.8) is 0 Å². The van der Waals surface area contributed by atoms with Crippen LogP contribution in [0.15, 0.2) is 0 Å². The number of aliphatic hydroxyl groups excluding tert-OH is 1. The standard InChI is InChI=1S/C9H21N3O/c1-4-8(9(10)11)12(5-6-13)7(2)3/h7-8,13H,4-6H2,1-3H3,(H3,10,11). The van der Waals surface area contributed by atoms with Gasteiger partial charge in [-0.3, -0.25) is 10.3 Å². The number of hydrogen-bond acceptors (Lipinski definition) is 3. The van der Waals surface area contributed by atoms with Gasteiger partial charge in [-0.15, -0.1) is 0 Å². The summed E-state index contributed by atoms with van der Waals surface area (Å²) in [6, 6.07) is 0.271. The Hall–Kier alpha value is -0.610. The van der Waals surface area contributed by atoms with E-state index >= 15 is 0 Å². The zero-order valence-corrected chi connectivity index (χ0v) is 8.75. The third kappa shape index (κ3) is 3.74. The molecule has 0 heterocycles. The van der Waals surface area contributed by atoms with Gasteiger partial charge in [-0.1, -0.05) is 6.92 Å². The Morgan fingerprint density at radius 3 is 2.31 bits per heavy atom. The third-order valence-electron chi connectivity index (χ3n) is 2.17. The summed E-state index contributed by atoms with van der Waals surface area (Å²) in [5, 5.41) is 16.3. The zero-order chi connectivity index (χ0) is 10.4. The van der Waals surface area contributed by atoms with Crippen molar-refractivity contribution in [3.8, 4) is 0 Å². The van der Waals surface area contributed by atoms with Crippen LogP contribution in [0.2, 0.25) is 0 Å². The highest BCUT2D eigenvalue weighted by molar-refractivity contribution is 5.82. The van der Waals surface area contributed by atoms with E-state index in [1.807, 2.05) is 25.7 Å². The fraction of sp³-hybridized carbons (Fsp3) is 0.889. The topological polar surface area (TPSA) is 73.3 Å². The van der Waals surface area contributed by atoms with Crippen molar-refractivity contribution < 1.29 is 5.11 Å². The van der Waals surface area contributed by atoms with E-state index in [1.54, 1.807) is 0 Å². The lowest BCUT2D eigenvalue weighted by Crippen LogP contribution is -2.48. The minimum absolute atomic E-state index is 0.0350. The normalized spacial score (nSPS) is 13.7. The van der Waals surface area contributed by atoms with Gasteiger partial charge in [0.1, 0.15) is 5.84 Å². The largest absolute Gasteiger partial charge is 0.395 e. The van der Waals surface area contributed by atoms with Gasteiger partial charge in [0.05, 0.1) is 12.6 Å². The second-order valence-corrected chi connectivity index (χ2v) is 3.43. The Kier molecular flexibility index (Phi) is 5.66. The maximum Gasteiger partial charge on any atom is 0.108 e. The number of amidine groups is 1. The van der Waals surface area contributed by atoms with E-state index in [4.69, 9.17) is 16.2 Å². The molecule has 0 aliphatic rings. The van der Waals surface area contributed by atoms with Crippen LogP contribution in [0.5, 0.6) is 0 Å². The average Bonchev–Trinajstić information content (AvgIpc) is 2.03. The summed E-state index contributed by atoms with van der Waals surface area (Å²) in [7, 11) is 0. The monoisotopic (exact) mass is 187 g/mol. The first kappa shape index (κ1) is 12.4. The van der Waals surface area contributed by atoms with Crippen LogP contribution in [0.1, 0.15) is 27.2 Å². The van der Waals surface area contributed by atoms with Crippen LogP contribution in [0.3, 0.4) is 0 Å². The predicted molar refractivity (Wildman–Crippen MR) is 54.9 cm³/mol. The summed E-state index contributed by atoms with van der Waals surface area (Å²) in [5.74, 6) is 0.185. The molecule has 4 heteroatoms. The van der Waals surface area contributed by atoms with Gasteiger partial charge < -0.3 is 10.8 Å². The fourth-order valence-electron chi connectivity index (χ4n) is 1.52. The predicted octanol–water partition coefficient (Wildman–Crippen LogP) is 0.404. The molecular weight excluding hydrogens is 166 g/mol. The molecule has 78 valence electrons. The van der Waals surface area contributed by atoms with E-state index in [1.165, 1.54) is 0 Å². The molecule has 0 aliphatic carbocycles. The molecule has 0 rings (SSSR count). The second kappa shape index (κ2) is 5.94. The molecular formula is C9H21N3O. The van der Waals surface area contributed by atoms with Crippen LogP contribution in [0.4, 0.5) is 0 Å². The Balaban J connectivity index is 4.38. The Labute approximate surface area is 80.2 Å². The number of rotatable bonds is 6. The molecule has 0 bridgehead atoms. The maximum absolute atomic E-state index is 8.86. The first-order valence-corrected chi connectivity index (χ1v) is 4.75. The van der Waals surface area contributed by atoms with Crippen molar-refractivity contribution in [2.24, 2.45) is 5.73 Å². The number of nitrogens with zero attached hydrogens (tertiary/aromatic N) is 1. The first-order chi connectivity index (χ1) is 6.04. The molecule has 0 aliphatic heterocycles. The summed E-state index contributed by atoms with van der Waals surface area (Å²) >= 11 is 0. The summed E-state index contributed by atoms with van der Waals surface area (Å²) in [5.41, 5.74) is 5.48. The lowest BCUT2D eigenvalue weighted by Gasteiger charge is -2.32. The Morgan fingerprint density at radius 2 is 2.08 bits per heavy atom. The number of hydrogen-bond donors (Lipinski definition) is 3. The van der Waals surface area contributed by atoms with E-state index in [2.05, 4.69) is 0 Å². The average molecular weight is 187 g/mol. The number of nitrogens with two attached hydrogens (primary N) is 1. The molecule has 0 aromatic rings. The molecule has 4 nitrogen and oxygen atoms in total. The highest BCUT2D eigenvalue weighted by atomic mass is 16.3. The van der Waals surface area contributed by atoms with Crippen LogP contribution in [0.25, 0.3) is 0 Å². The van der Waals surface area contributed by atoms with E-state index in [9.17, 15) is 0 Å². The summed E-state index contributed by atoms with van der Waals surface area (Å²) in [6.45, 7) is 6.78. The van der Waals surface area contributed by atoms with Crippen LogP contribution in [0, 0.1) is 5.41 Å². The molecule has 0 amide bonds. The second-order valence-electron chi connectivity index (χ2n) is 3.43. The molecule has 0 saturated carbocycles. The molecule has 4 N–H and O–H groups in total. The molecule has 0 spiro atoms. The van der Waals surface area contributed by atoms with Crippen molar-refractivity contribution in [2.75, 3.05) is 13.2 Å². The van der Waals surface area contributed by atoms with Gasteiger partial charge in [0.25, 0.3) is 0 Å². The number of aliphatic hydroxyl groups is 1. The molecule has 0 radical (unpaired) electrons. The van der Waals surface area contributed by atoms with E-state index in [0.29, 0.717) is 12.6 Å². The van der Waals surface area contributed by atoms with E-state index < -0.39 is 0 Å². The lowest BCUT2D eigenvalue weighted by atomic mass is 10.1.